The fourth-order valence-electron chi connectivity index (χ4n) is 1.60. The van der Waals surface area contributed by atoms with E-state index in [-0.39, 0.29) is 5.56 Å². The van der Waals surface area contributed by atoms with Gasteiger partial charge in [0.1, 0.15) is 11.4 Å². The van der Waals surface area contributed by atoms with Gasteiger partial charge in [-0.05, 0) is 6.07 Å². The molecule has 0 fully saturated rings. The average Bonchev–Trinajstić information content (AvgIpc) is 2.52. The zero-order valence-electron chi connectivity index (χ0n) is 10.9. The van der Waals surface area contributed by atoms with E-state index in [1.807, 2.05) is 0 Å². The Morgan fingerprint density at radius 3 is 2.04 bits per heavy atom. The van der Waals surface area contributed by atoms with Crippen LogP contribution in [0.2, 0.25) is 0 Å². The van der Waals surface area contributed by atoms with Crippen molar-refractivity contribution < 1.29 is 32.0 Å². The van der Waals surface area contributed by atoms with Crippen molar-refractivity contribution in [2.24, 2.45) is 4.99 Å². The molecule has 0 unspecified atom stereocenters. The Kier molecular flexibility index (Phi) is 4.25. The Labute approximate surface area is 124 Å². The van der Waals surface area contributed by atoms with Crippen LogP contribution in [-0.4, -0.2) is 16.2 Å². The number of nitrogens with zero attached hydrogens (tertiary/aromatic N) is 2. The van der Waals surface area contributed by atoms with Crippen molar-refractivity contribution in [1.29, 1.82) is 0 Å². The molecule has 1 N–H and O–H groups in total. The fraction of sp³-hybridized carbons (Fsp3) is 0. The summed E-state index contributed by atoms with van der Waals surface area (Å²) in [5.41, 5.74) is -2.29. The van der Waals surface area contributed by atoms with E-state index < -0.39 is 51.1 Å². The van der Waals surface area contributed by atoms with Gasteiger partial charge in [0, 0.05) is 23.9 Å². The van der Waals surface area contributed by atoms with Gasteiger partial charge in [0.15, 0.2) is 23.3 Å². The summed E-state index contributed by atoms with van der Waals surface area (Å²) in [6.45, 7) is 0. The summed E-state index contributed by atoms with van der Waals surface area (Å²) in [7, 11) is 0. The second kappa shape index (κ2) is 5.99. The molecule has 120 valence electrons. The van der Waals surface area contributed by atoms with Crippen LogP contribution in [0, 0.1) is 39.2 Å². The molecule has 0 radical (unpaired) electrons. The third-order valence-electron chi connectivity index (χ3n) is 2.74. The predicted molar refractivity (Wildman–Crippen MR) is 68.2 cm³/mol. The van der Waals surface area contributed by atoms with Crippen LogP contribution in [0.4, 0.5) is 33.3 Å². The van der Waals surface area contributed by atoms with E-state index in [0.29, 0.717) is 6.21 Å². The van der Waals surface area contributed by atoms with Crippen LogP contribution in [0.1, 0.15) is 5.56 Å². The van der Waals surface area contributed by atoms with E-state index in [4.69, 9.17) is 0 Å². The van der Waals surface area contributed by atoms with Crippen molar-refractivity contribution >= 4 is 17.6 Å². The van der Waals surface area contributed by atoms with Gasteiger partial charge in [-0.1, -0.05) is 0 Å². The highest BCUT2D eigenvalue weighted by Gasteiger charge is 2.25. The number of aromatic hydroxyl groups is 1. The maximum atomic E-state index is 13.4. The molecule has 0 aromatic heterocycles. The van der Waals surface area contributed by atoms with Crippen molar-refractivity contribution in [2.75, 3.05) is 0 Å². The smallest absolute Gasteiger partial charge is 0.270 e. The normalized spacial score (nSPS) is 11.2. The summed E-state index contributed by atoms with van der Waals surface area (Å²) < 4.78 is 65.7. The lowest BCUT2D eigenvalue weighted by atomic mass is 10.2. The molecule has 0 amide bonds. The van der Waals surface area contributed by atoms with Crippen LogP contribution in [0.25, 0.3) is 0 Å². The van der Waals surface area contributed by atoms with Crippen molar-refractivity contribution in [2.45, 2.75) is 0 Å². The van der Waals surface area contributed by atoms with Crippen molar-refractivity contribution in [1.82, 2.24) is 0 Å². The largest absolute Gasteiger partial charge is 0.507 e. The molecule has 0 saturated heterocycles. The summed E-state index contributed by atoms with van der Waals surface area (Å²) in [6.07, 6.45) is 0.542. The van der Waals surface area contributed by atoms with Gasteiger partial charge in [0.2, 0.25) is 5.82 Å². The molecule has 0 saturated carbocycles. The number of nitro groups is 1. The van der Waals surface area contributed by atoms with Gasteiger partial charge in [-0.25, -0.2) is 26.9 Å². The van der Waals surface area contributed by atoms with Gasteiger partial charge in [-0.2, -0.15) is 0 Å². The highest BCUT2D eigenvalue weighted by atomic mass is 19.2. The number of phenolic OH excluding ortho intramolecular Hbond substituents is 1. The molecule has 0 aliphatic carbocycles. The molecule has 0 aliphatic heterocycles. The van der Waals surface area contributed by atoms with Crippen molar-refractivity contribution in [3.8, 4) is 5.75 Å². The van der Waals surface area contributed by atoms with Crippen LogP contribution < -0.4 is 0 Å². The number of benzene rings is 2. The highest BCUT2D eigenvalue weighted by Crippen LogP contribution is 2.30. The first-order valence-corrected chi connectivity index (χ1v) is 5.77. The summed E-state index contributed by atoms with van der Waals surface area (Å²) in [5, 5.41) is 20.1. The van der Waals surface area contributed by atoms with E-state index >= 15 is 0 Å². The predicted octanol–water partition coefficient (Wildman–Crippen LogP) is 3.75. The first-order chi connectivity index (χ1) is 10.7. The van der Waals surface area contributed by atoms with Crippen LogP contribution in [0.5, 0.6) is 5.75 Å². The molecule has 2 aromatic carbocycles. The third-order valence-corrected chi connectivity index (χ3v) is 2.74. The fourth-order valence-corrected chi connectivity index (χ4v) is 1.60. The molecule has 0 aliphatic rings. The number of hydrogen-bond donors (Lipinski definition) is 1. The summed E-state index contributed by atoms with van der Waals surface area (Å²) in [4.78, 5) is 12.9. The van der Waals surface area contributed by atoms with E-state index in [0.717, 1.165) is 18.2 Å². The van der Waals surface area contributed by atoms with Crippen LogP contribution in [0.15, 0.2) is 23.2 Å². The Morgan fingerprint density at radius 1 is 1.00 bits per heavy atom. The standard InChI is InChI=1S/C13H5F5N2O3/c14-8-9(15)11(17)13(12(18)10(8)16)19-4-5-3-6(20(22)23)1-2-7(5)21/h1-4,21H. The number of halogens is 5. The third kappa shape index (κ3) is 2.96. The Bertz CT molecular complexity index is 810. The van der Waals surface area contributed by atoms with Gasteiger partial charge in [-0.15, -0.1) is 0 Å². The van der Waals surface area contributed by atoms with Crippen LogP contribution in [0.3, 0.4) is 0 Å². The first kappa shape index (κ1) is 16.3. The number of rotatable bonds is 3. The topological polar surface area (TPSA) is 75.7 Å². The van der Waals surface area contributed by atoms with Crippen molar-refractivity contribution in [3.63, 3.8) is 0 Å². The molecule has 0 bridgehead atoms. The maximum absolute atomic E-state index is 13.4. The molecule has 10 heteroatoms. The summed E-state index contributed by atoms with van der Waals surface area (Å²) in [6, 6.07) is 2.67. The molecule has 0 spiro atoms. The minimum atomic E-state index is -2.34. The number of nitro benzene ring substituents is 1. The lowest BCUT2D eigenvalue weighted by molar-refractivity contribution is -0.384. The molecule has 2 aromatic rings. The Morgan fingerprint density at radius 2 is 1.52 bits per heavy atom. The van der Waals surface area contributed by atoms with E-state index in [9.17, 15) is 37.2 Å². The van der Waals surface area contributed by atoms with Crippen molar-refractivity contribution in [3.05, 3.63) is 63.0 Å². The summed E-state index contributed by atoms with van der Waals surface area (Å²) in [5.74, 6) is -11.6. The zero-order valence-corrected chi connectivity index (χ0v) is 10.9. The average molecular weight is 332 g/mol. The van der Waals surface area contributed by atoms with E-state index in [1.165, 1.54) is 0 Å². The van der Waals surface area contributed by atoms with Gasteiger partial charge in [-0.3, -0.25) is 10.1 Å². The lowest BCUT2D eigenvalue weighted by Crippen LogP contribution is -2.01. The number of aliphatic imine (C=N–C) groups is 1. The number of non-ortho nitro benzene ring substituents is 1. The van der Waals surface area contributed by atoms with Gasteiger partial charge >= 0.3 is 0 Å². The Balaban J connectivity index is 2.54. The molecule has 0 heterocycles. The zero-order chi connectivity index (χ0) is 17.3. The first-order valence-electron chi connectivity index (χ1n) is 5.77. The second-order valence-electron chi connectivity index (χ2n) is 4.18. The molecule has 2 rings (SSSR count). The van der Waals surface area contributed by atoms with Gasteiger partial charge in [0.05, 0.1) is 4.92 Å². The maximum Gasteiger partial charge on any atom is 0.270 e. The molecule has 23 heavy (non-hydrogen) atoms. The Hall–Kier alpha value is -3.04. The lowest BCUT2D eigenvalue weighted by Gasteiger charge is -2.04. The minimum absolute atomic E-state index is 0.344. The molecule has 0 atom stereocenters. The number of hydrogen-bond acceptors (Lipinski definition) is 4. The van der Waals surface area contributed by atoms with E-state index in [2.05, 4.69) is 4.99 Å². The quantitative estimate of drug-likeness (QED) is 0.232. The summed E-state index contributed by atoms with van der Waals surface area (Å²) >= 11 is 0. The second-order valence-corrected chi connectivity index (χ2v) is 4.18. The molecular formula is C13H5F5N2O3. The van der Waals surface area contributed by atoms with Gasteiger partial charge < -0.3 is 5.11 Å². The van der Waals surface area contributed by atoms with Crippen LogP contribution in [-0.2, 0) is 0 Å². The molecular weight excluding hydrogens is 327 g/mol. The SMILES string of the molecule is O=[N+]([O-])c1ccc(O)c(C=Nc2c(F)c(F)c(F)c(F)c2F)c1. The van der Waals surface area contributed by atoms with Crippen LogP contribution >= 0.6 is 0 Å². The highest BCUT2D eigenvalue weighted by molar-refractivity contribution is 5.86. The molecule has 5 nitrogen and oxygen atoms in total. The minimum Gasteiger partial charge on any atom is -0.507 e. The monoisotopic (exact) mass is 332 g/mol. The number of phenols is 1. The van der Waals surface area contributed by atoms with Gasteiger partial charge in [0.25, 0.3) is 5.69 Å². The van der Waals surface area contributed by atoms with E-state index in [1.54, 1.807) is 0 Å².